The maximum Gasteiger partial charge on any atom is 0.263 e. The summed E-state index contributed by atoms with van der Waals surface area (Å²) in [5.41, 5.74) is 6.73. The van der Waals surface area contributed by atoms with E-state index < -0.39 is 10.0 Å². The Bertz CT molecular complexity index is 682. The molecule has 0 radical (unpaired) electrons. The lowest BCUT2D eigenvalue weighted by Gasteiger charge is -2.21. The van der Waals surface area contributed by atoms with E-state index in [9.17, 15) is 8.42 Å². The van der Waals surface area contributed by atoms with Gasteiger partial charge in [0.2, 0.25) is 0 Å². The van der Waals surface area contributed by atoms with Crippen LogP contribution in [0.3, 0.4) is 0 Å². The van der Waals surface area contributed by atoms with E-state index in [0.29, 0.717) is 6.54 Å². The minimum atomic E-state index is -3.62. The number of aromatic nitrogens is 2. The lowest BCUT2D eigenvalue weighted by atomic mass is 10.3. The quantitative estimate of drug-likeness (QED) is 0.905. The molecule has 0 unspecified atom stereocenters. The molecule has 1 aliphatic rings. The molecule has 0 aliphatic heterocycles. The highest BCUT2D eigenvalue weighted by molar-refractivity contribution is 7.89. The molecule has 0 saturated heterocycles. The molecule has 0 spiro atoms. The Morgan fingerprint density at radius 2 is 2.30 bits per heavy atom. The molecule has 20 heavy (non-hydrogen) atoms. The normalized spacial score (nSPS) is 15.9. The number of anilines is 1. The molecule has 2 N–H and O–H groups in total. The van der Waals surface area contributed by atoms with Gasteiger partial charge in [-0.15, -0.1) is 0 Å². The van der Waals surface area contributed by atoms with Crippen molar-refractivity contribution in [2.45, 2.75) is 30.5 Å². The second kappa shape index (κ2) is 4.87. The van der Waals surface area contributed by atoms with E-state index in [1.165, 1.54) is 10.9 Å². The van der Waals surface area contributed by atoms with Crippen LogP contribution in [0.15, 0.2) is 28.2 Å². The predicted octanol–water partition coefficient (Wildman–Crippen LogP) is 1.42. The molecule has 1 saturated carbocycles. The van der Waals surface area contributed by atoms with Crippen molar-refractivity contribution in [2.24, 2.45) is 7.05 Å². The molecule has 2 aromatic heterocycles. The van der Waals surface area contributed by atoms with Crippen LogP contribution in [0.2, 0.25) is 0 Å². The Labute approximate surface area is 121 Å². The lowest BCUT2D eigenvalue weighted by Crippen LogP contribution is -2.34. The zero-order valence-corrected chi connectivity index (χ0v) is 12.7. The molecule has 3 rings (SSSR count). The van der Waals surface area contributed by atoms with Crippen molar-refractivity contribution >= 4 is 27.2 Å². The van der Waals surface area contributed by atoms with E-state index in [2.05, 4.69) is 4.98 Å². The summed E-state index contributed by atoms with van der Waals surface area (Å²) in [7, 11) is -1.97. The molecular weight excluding hydrogens is 296 g/mol. The topological polar surface area (TPSA) is 81.2 Å². The largest absolute Gasteiger partial charge is 0.381 e. The van der Waals surface area contributed by atoms with Gasteiger partial charge in [-0.3, -0.25) is 0 Å². The van der Waals surface area contributed by atoms with Crippen molar-refractivity contribution in [2.75, 3.05) is 5.73 Å². The van der Waals surface area contributed by atoms with Crippen molar-refractivity contribution < 1.29 is 8.42 Å². The third-order valence-corrected chi connectivity index (χ3v) is 6.10. The van der Waals surface area contributed by atoms with Crippen LogP contribution in [-0.4, -0.2) is 28.3 Å². The van der Waals surface area contributed by atoms with E-state index in [0.717, 1.165) is 18.4 Å². The summed E-state index contributed by atoms with van der Waals surface area (Å²) in [6.07, 6.45) is 3.24. The minimum Gasteiger partial charge on any atom is -0.381 e. The number of nitrogen functional groups attached to an aromatic ring is 1. The molecule has 0 aromatic carbocycles. The zero-order chi connectivity index (χ0) is 14.3. The monoisotopic (exact) mass is 312 g/mol. The first-order valence-corrected chi connectivity index (χ1v) is 8.68. The lowest BCUT2D eigenvalue weighted by molar-refractivity contribution is 0.395. The summed E-state index contributed by atoms with van der Waals surface area (Å²) < 4.78 is 28.7. The Morgan fingerprint density at radius 3 is 2.80 bits per heavy atom. The van der Waals surface area contributed by atoms with Gasteiger partial charge in [0.1, 0.15) is 0 Å². The third-order valence-electron chi connectivity index (χ3n) is 3.34. The summed E-state index contributed by atoms with van der Waals surface area (Å²) in [5, 5.41) is 4.00. The maximum atomic E-state index is 12.8. The average Bonchev–Trinajstić information content (AvgIpc) is 2.97. The smallest absolute Gasteiger partial charge is 0.263 e. The highest BCUT2D eigenvalue weighted by Crippen LogP contribution is 2.34. The van der Waals surface area contributed by atoms with Crippen LogP contribution in [0.25, 0.3) is 0 Å². The second-order valence-corrected chi connectivity index (χ2v) is 7.54. The number of hydrogen-bond acceptors (Lipinski definition) is 5. The van der Waals surface area contributed by atoms with Gasteiger partial charge in [0, 0.05) is 19.6 Å². The molecule has 6 nitrogen and oxygen atoms in total. The molecule has 8 heteroatoms. The van der Waals surface area contributed by atoms with E-state index in [1.54, 1.807) is 22.7 Å². The molecule has 0 bridgehead atoms. The number of hydrogen-bond donors (Lipinski definition) is 1. The number of nitrogens with zero attached hydrogens (tertiary/aromatic N) is 3. The Balaban J connectivity index is 1.98. The van der Waals surface area contributed by atoms with E-state index in [4.69, 9.17) is 5.73 Å². The van der Waals surface area contributed by atoms with Gasteiger partial charge in [-0.2, -0.15) is 15.6 Å². The van der Waals surface area contributed by atoms with Gasteiger partial charge < -0.3 is 10.3 Å². The molecule has 0 amide bonds. The fourth-order valence-corrected chi connectivity index (χ4v) is 4.73. The maximum absolute atomic E-state index is 12.8. The number of aryl methyl sites for hydroxylation is 1. The SMILES string of the molecule is Cn1cnc(N)c1S(=O)(=O)N(Cc1ccsc1)C1CC1. The second-order valence-electron chi connectivity index (χ2n) is 4.96. The molecule has 2 heterocycles. The van der Waals surface area contributed by atoms with Gasteiger partial charge in [-0.05, 0) is 35.2 Å². The van der Waals surface area contributed by atoms with Gasteiger partial charge in [0.15, 0.2) is 10.8 Å². The number of rotatable bonds is 5. The fourth-order valence-electron chi connectivity index (χ4n) is 2.20. The Kier molecular flexibility index (Phi) is 3.31. The highest BCUT2D eigenvalue weighted by Gasteiger charge is 2.40. The van der Waals surface area contributed by atoms with E-state index in [-0.39, 0.29) is 16.9 Å². The van der Waals surface area contributed by atoms with Crippen LogP contribution < -0.4 is 5.73 Å². The van der Waals surface area contributed by atoms with Gasteiger partial charge in [0.25, 0.3) is 10.0 Å². The van der Waals surface area contributed by atoms with Crippen LogP contribution in [0, 0.1) is 0 Å². The summed E-state index contributed by atoms with van der Waals surface area (Å²) in [6, 6.07) is 2.02. The summed E-state index contributed by atoms with van der Waals surface area (Å²) in [6.45, 7) is 0.390. The van der Waals surface area contributed by atoms with Crippen molar-refractivity contribution in [1.29, 1.82) is 0 Å². The summed E-state index contributed by atoms with van der Waals surface area (Å²) in [4.78, 5) is 3.88. The zero-order valence-electron chi connectivity index (χ0n) is 11.1. The van der Waals surface area contributed by atoms with Crippen molar-refractivity contribution in [3.63, 3.8) is 0 Å². The molecular formula is C12H16N4O2S2. The minimum absolute atomic E-state index is 0.0588. The standard InChI is InChI=1S/C12H16N4O2S2/c1-15-8-14-11(13)12(15)20(17,18)16(10-2-3-10)6-9-4-5-19-7-9/h4-5,7-8,10H,2-3,6,13H2,1H3. The average molecular weight is 312 g/mol. The van der Waals surface area contributed by atoms with Gasteiger partial charge in [0.05, 0.1) is 6.33 Å². The van der Waals surface area contributed by atoms with E-state index in [1.807, 2.05) is 16.8 Å². The molecule has 2 aromatic rings. The first-order chi connectivity index (χ1) is 9.50. The van der Waals surface area contributed by atoms with Crippen LogP contribution in [0.5, 0.6) is 0 Å². The highest BCUT2D eigenvalue weighted by atomic mass is 32.2. The first kappa shape index (κ1) is 13.6. The van der Waals surface area contributed by atoms with Crippen LogP contribution in [-0.2, 0) is 23.6 Å². The van der Waals surface area contributed by atoms with Crippen LogP contribution in [0.1, 0.15) is 18.4 Å². The number of imidazole rings is 1. The third kappa shape index (κ3) is 2.34. The molecule has 1 fully saturated rings. The fraction of sp³-hybridized carbons (Fsp3) is 0.417. The van der Waals surface area contributed by atoms with Crippen molar-refractivity contribution in [3.8, 4) is 0 Å². The van der Waals surface area contributed by atoms with Crippen molar-refractivity contribution in [3.05, 3.63) is 28.7 Å². The summed E-state index contributed by atoms with van der Waals surface area (Å²) in [5.74, 6) is 0.0588. The van der Waals surface area contributed by atoms with Crippen LogP contribution >= 0.6 is 11.3 Å². The molecule has 0 atom stereocenters. The summed E-state index contributed by atoms with van der Waals surface area (Å²) >= 11 is 1.56. The van der Waals surface area contributed by atoms with Crippen molar-refractivity contribution in [1.82, 2.24) is 13.9 Å². The van der Waals surface area contributed by atoms with Gasteiger partial charge in [-0.25, -0.2) is 13.4 Å². The van der Waals surface area contributed by atoms with Gasteiger partial charge >= 0.3 is 0 Å². The molecule has 108 valence electrons. The first-order valence-electron chi connectivity index (χ1n) is 6.30. The number of thiophene rings is 1. The van der Waals surface area contributed by atoms with Crippen LogP contribution in [0.4, 0.5) is 5.82 Å². The number of sulfonamides is 1. The van der Waals surface area contributed by atoms with Gasteiger partial charge in [-0.1, -0.05) is 0 Å². The Morgan fingerprint density at radius 1 is 1.55 bits per heavy atom. The number of nitrogens with two attached hydrogens (primary N) is 1. The Hall–Kier alpha value is -1.38. The van der Waals surface area contributed by atoms with E-state index >= 15 is 0 Å². The predicted molar refractivity (Wildman–Crippen MR) is 77.7 cm³/mol. The molecule has 1 aliphatic carbocycles.